The SMILES string of the molecule is CC(C)CN(CC(C)C)C(=O)CSCCCN. The molecule has 0 aromatic carbocycles. The van der Waals surface area contributed by atoms with Crippen molar-refractivity contribution < 1.29 is 4.79 Å². The number of carbonyl (C=O) groups is 1. The fourth-order valence-corrected chi connectivity index (χ4v) is 2.47. The lowest BCUT2D eigenvalue weighted by atomic mass is 10.1. The standard InChI is InChI=1S/C13H28N2OS/c1-11(2)8-15(9-12(3)4)13(16)10-17-7-5-6-14/h11-12H,5-10,14H2,1-4H3. The highest BCUT2D eigenvalue weighted by atomic mass is 32.2. The second-order valence-electron chi connectivity index (χ2n) is 5.28. The van der Waals surface area contributed by atoms with Crippen LogP contribution in [0.15, 0.2) is 0 Å². The number of hydrogen-bond acceptors (Lipinski definition) is 3. The van der Waals surface area contributed by atoms with Gasteiger partial charge in [0.2, 0.25) is 5.91 Å². The van der Waals surface area contributed by atoms with Crippen LogP contribution in [0, 0.1) is 11.8 Å². The summed E-state index contributed by atoms with van der Waals surface area (Å²) in [5, 5.41) is 0. The van der Waals surface area contributed by atoms with Crippen LogP contribution in [0.2, 0.25) is 0 Å². The Hall–Kier alpha value is -0.220. The molecule has 0 aromatic rings. The van der Waals surface area contributed by atoms with Gasteiger partial charge in [-0.2, -0.15) is 11.8 Å². The first-order valence-electron chi connectivity index (χ1n) is 6.53. The molecular formula is C13H28N2OS. The van der Waals surface area contributed by atoms with E-state index in [2.05, 4.69) is 27.7 Å². The first kappa shape index (κ1) is 16.8. The van der Waals surface area contributed by atoms with Gasteiger partial charge in [-0.15, -0.1) is 0 Å². The molecule has 0 aliphatic carbocycles. The topological polar surface area (TPSA) is 46.3 Å². The summed E-state index contributed by atoms with van der Waals surface area (Å²) in [5.74, 6) is 2.92. The van der Waals surface area contributed by atoms with Gasteiger partial charge in [-0.25, -0.2) is 0 Å². The minimum atomic E-state index is 0.273. The van der Waals surface area contributed by atoms with E-state index in [1.807, 2.05) is 4.90 Å². The minimum Gasteiger partial charge on any atom is -0.341 e. The highest BCUT2D eigenvalue weighted by Gasteiger charge is 2.15. The van der Waals surface area contributed by atoms with Crippen LogP contribution in [-0.2, 0) is 4.79 Å². The van der Waals surface area contributed by atoms with Gasteiger partial charge in [-0.1, -0.05) is 27.7 Å². The maximum atomic E-state index is 12.1. The van der Waals surface area contributed by atoms with Gasteiger partial charge in [0.25, 0.3) is 0 Å². The predicted molar refractivity (Wildman–Crippen MR) is 77.3 cm³/mol. The number of thioether (sulfide) groups is 1. The second-order valence-corrected chi connectivity index (χ2v) is 6.39. The van der Waals surface area contributed by atoms with Gasteiger partial charge >= 0.3 is 0 Å². The fourth-order valence-electron chi connectivity index (χ4n) is 1.60. The monoisotopic (exact) mass is 260 g/mol. The fraction of sp³-hybridized carbons (Fsp3) is 0.923. The third-order valence-corrected chi connectivity index (χ3v) is 3.27. The second kappa shape index (κ2) is 9.77. The molecule has 0 saturated heterocycles. The molecule has 0 aliphatic heterocycles. The number of carbonyl (C=O) groups excluding carboxylic acids is 1. The molecule has 0 atom stereocenters. The number of hydrogen-bond donors (Lipinski definition) is 1. The molecule has 17 heavy (non-hydrogen) atoms. The van der Waals surface area contributed by atoms with Crippen molar-refractivity contribution in [3.63, 3.8) is 0 Å². The van der Waals surface area contributed by atoms with Crippen LogP contribution >= 0.6 is 11.8 Å². The predicted octanol–water partition coefficient (Wildman–Crippen LogP) is 2.21. The Morgan fingerprint density at radius 1 is 1.18 bits per heavy atom. The van der Waals surface area contributed by atoms with E-state index in [9.17, 15) is 4.79 Å². The Kier molecular flexibility index (Phi) is 9.65. The smallest absolute Gasteiger partial charge is 0.232 e. The van der Waals surface area contributed by atoms with E-state index >= 15 is 0 Å². The highest BCUT2D eigenvalue weighted by Crippen LogP contribution is 2.09. The van der Waals surface area contributed by atoms with Crippen molar-refractivity contribution in [2.45, 2.75) is 34.1 Å². The largest absolute Gasteiger partial charge is 0.341 e. The first-order valence-corrected chi connectivity index (χ1v) is 7.68. The zero-order valence-electron chi connectivity index (χ0n) is 11.7. The molecule has 0 fully saturated rings. The Morgan fingerprint density at radius 3 is 2.12 bits per heavy atom. The molecule has 0 bridgehead atoms. The molecule has 0 heterocycles. The molecule has 0 radical (unpaired) electrons. The minimum absolute atomic E-state index is 0.273. The Bertz CT molecular complexity index is 198. The van der Waals surface area contributed by atoms with Crippen molar-refractivity contribution in [2.24, 2.45) is 17.6 Å². The number of amides is 1. The van der Waals surface area contributed by atoms with Crippen LogP contribution in [-0.4, -0.2) is 41.9 Å². The summed E-state index contributed by atoms with van der Waals surface area (Å²) in [6, 6.07) is 0. The van der Waals surface area contributed by atoms with Gasteiger partial charge in [0.05, 0.1) is 5.75 Å². The van der Waals surface area contributed by atoms with Gasteiger partial charge in [-0.05, 0) is 30.6 Å². The molecule has 0 aliphatic rings. The number of nitrogens with zero attached hydrogens (tertiary/aromatic N) is 1. The molecule has 0 aromatic heterocycles. The van der Waals surface area contributed by atoms with E-state index in [1.165, 1.54) is 0 Å². The maximum Gasteiger partial charge on any atom is 0.232 e. The van der Waals surface area contributed by atoms with Crippen LogP contribution < -0.4 is 5.73 Å². The molecule has 0 unspecified atom stereocenters. The molecular weight excluding hydrogens is 232 g/mol. The first-order chi connectivity index (χ1) is 7.97. The summed E-state index contributed by atoms with van der Waals surface area (Å²) in [6.07, 6.45) is 0.992. The Morgan fingerprint density at radius 2 is 1.71 bits per heavy atom. The van der Waals surface area contributed by atoms with Crippen molar-refractivity contribution in [3.8, 4) is 0 Å². The van der Waals surface area contributed by atoms with Gasteiger partial charge in [0.15, 0.2) is 0 Å². The third-order valence-electron chi connectivity index (χ3n) is 2.24. The molecule has 0 spiro atoms. The zero-order chi connectivity index (χ0) is 13.3. The normalized spacial score (nSPS) is 11.2. The van der Waals surface area contributed by atoms with E-state index in [0.29, 0.717) is 24.1 Å². The summed E-state index contributed by atoms with van der Waals surface area (Å²) in [4.78, 5) is 14.1. The van der Waals surface area contributed by atoms with Gasteiger partial charge in [-0.3, -0.25) is 4.79 Å². The molecule has 1 amide bonds. The Balaban J connectivity index is 4.03. The van der Waals surface area contributed by atoms with E-state index in [4.69, 9.17) is 5.73 Å². The lowest BCUT2D eigenvalue weighted by molar-refractivity contribution is -0.129. The van der Waals surface area contributed by atoms with Gasteiger partial charge in [0.1, 0.15) is 0 Å². The molecule has 0 rings (SSSR count). The maximum absolute atomic E-state index is 12.1. The summed E-state index contributed by atoms with van der Waals surface area (Å²) in [6.45, 7) is 11.1. The quantitative estimate of drug-likeness (QED) is 0.647. The molecule has 4 heteroatoms. The molecule has 2 N–H and O–H groups in total. The van der Waals surface area contributed by atoms with Gasteiger partial charge < -0.3 is 10.6 Å². The lowest BCUT2D eigenvalue weighted by Crippen LogP contribution is -2.38. The third kappa shape index (κ3) is 9.48. The van der Waals surface area contributed by atoms with Gasteiger partial charge in [0, 0.05) is 13.1 Å². The average Bonchev–Trinajstić information content (AvgIpc) is 2.22. The number of nitrogens with two attached hydrogens (primary N) is 1. The van der Waals surface area contributed by atoms with Crippen LogP contribution in [0.25, 0.3) is 0 Å². The highest BCUT2D eigenvalue weighted by molar-refractivity contribution is 7.99. The summed E-state index contributed by atoms with van der Waals surface area (Å²) in [7, 11) is 0. The van der Waals surface area contributed by atoms with E-state index in [0.717, 1.165) is 25.3 Å². The van der Waals surface area contributed by atoms with E-state index in [1.54, 1.807) is 11.8 Å². The summed E-state index contributed by atoms with van der Waals surface area (Å²) >= 11 is 1.70. The molecule has 0 saturated carbocycles. The molecule has 3 nitrogen and oxygen atoms in total. The van der Waals surface area contributed by atoms with Crippen molar-refractivity contribution >= 4 is 17.7 Å². The van der Waals surface area contributed by atoms with Crippen LogP contribution in [0.1, 0.15) is 34.1 Å². The number of rotatable bonds is 9. The van der Waals surface area contributed by atoms with Crippen LogP contribution in [0.3, 0.4) is 0 Å². The molecule has 102 valence electrons. The van der Waals surface area contributed by atoms with Crippen molar-refractivity contribution in [1.82, 2.24) is 4.90 Å². The summed E-state index contributed by atoms with van der Waals surface area (Å²) in [5.41, 5.74) is 5.43. The average molecular weight is 260 g/mol. The lowest BCUT2D eigenvalue weighted by Gasteiger charge is -2.26. The zero-order valence-corrected chi connectivity index (χ0v) is 12.6. The van der Waals surface area contributed by atoms with Crippen LogP contribution in [0.5, 0.6) is 0 Å². The van der Waals surface area contributed by atoms with Crippen molar-refractivity contribution in [2.75, 3.05) is 31.1 Å². The van der Waals surface area contributed by atoms with Crippen molar-refractivity contribution in [3.05, 3.63) is 0 Å². The summed E-state index contributed by atoms with van der Waals surface area (Å²) < 4.78 is 0. The van der Waals surface area contributed by atoms with Crippen molar-refractivity contribution in [1.29, 1.82) is 0 Å². The van der Waals surface area contributed by atoms with Crippen LogP contribution in [0.4, 0.5) is 0 Å². The van der Waals surface area contributed by atoms with E-state index < -0.39 is 0 Å². The Labute approximate surface area is 111 Å². The van der Waals surface area contributed by atoms with E-state index in [-0.39, 0.29) is 5.91 Å².